The van der Waals surface area contributed by atoms with Crippen molar-refractivity contribution in [2.75, 3.05) is 11.1 Å². The van der Waals surface area contributed by atoms with Crippen molar-refractivity contribution in [3.8, 4) is 0 Å². The zero-order valence-corrected chi connectivity index (χ0v) is 13.4. The summed E-state index contributed by atoms with van der Waals surface area (Å²) in [6.45, 7) is 3.70. The van der Waals surface area contributed by atoms with Crippen molar-refractivity contribution in [3.05, 3.63) is 47.0 Å². The number of nitrogens with one attached hydrogen (secondary N) is 1. The summed E-state index contributed by atoms with van der Waals surface area (Å²) in [5.74, 6) is -1.85. The Bertz CT molecular complexity index is 747. The first kappa shape index (κ1) is 16.9. The number of nitrogens with two attached hydrogens (primary N) is 1. The number of nitrogens with zero attached hydrogens (tertiary/aromatic N) is 2. The van der Waals surface area contributed by atoms with Gasteiger partial charge in [0, 0.05) is 17.1 Å². The number of amides is 2. The average Bonchev–Trinajstić information content (AvgIpc) is 2.46. The van der Waals surface area contributed by atoms with Crippen molar-refractivity contribution in [2.45, 2.75) is 19.0 Å². The van der Waals surface area contributed by atoms with Crippen molar-refractivity contribution < 1.29 is 14.0 Å². The molecule has 1 aromatic carbocycles. The maximum atomic E-state index is 13.4. The lowest BCUT2D eigenvalue weighted by molar-refractivity contribution is -0.113. The maximum Gasteiger partial charge on any atom is 0.251 e. The fourth-order valence-electron chi connectivity index (χ4n) is 1.88. The topological polar surface area (TPSA) is 98.0 Å². The molecule has 2 rings (SSSR count). The second-order valence-electron chi connectivity index (χ2n) is 4.83. The number of aromatic nitrogens is 2. The molecule has 0 aliphatic rings. The molecule has 0 saturated carbocycles. The molecule has 0 unspecified atom stereocenters. The minimum absolute atomic E-state index is 0.0895. The third-order valence-electron chi connectivity index (χ3n) is 2.81. The quantitative estimate of drug-likeness (QED) is 0.644. The first-order valence-electron chi connectivity index (χ1n) is 6.69. The highest BCUT2D eigenvalue weighted by Crippen LogP contribution is 2.17. The summed E-state index contributed by atoms with van der Waals surface area (Å²) in [5, 5.41) is 3.08. The molecular weight excluding hydrogens is 319 g/mol. The van der Waals surface area contributed by atoms with Crippen molar-refractivity contribution in [3.63, 3.8) is 0 Å². The van der Waals surface area contributed by atoms with Gasteiger partial charge in [-0.3, -0.25) is 9.59 Å². The van der Waals surface area contributed by atoms with Crippen LogP contribution in [0.3, 0.4) is 0 Å². The fraction of sp³-hybridized carbons (Fsp3) is 0.200. The van der Waals surface area contributed by atoms with Crippen LogP contribution >= 0.6 is 11.8 Å². The highest BCUT2D eigenvalue weighted by Gasteiger charge is 2.11. The Morgan fingerprint density at radius 2 is 1.87 bits per heavy atom. The Morgan fingerprint density at radius 3 is 2.48 bits per heavy atom. The Hall–Kier alpha value is -2.48. The lowest BCUT2D eigenvalue weighted by Gasteiger charge is -2.07. The van der Waals surface area contributed by atoms with E-state index >= 15 is 0 Å². The lowest BCUT2D eigenvalue weighted by atomic mass is 10.2. The molecule has 0 saturated heterocycles. The van der Waals surface area contributed by atoms with E-state index in [1.165, 1.54) is 23.9 Å². The molecule has 120 valence electrons. The number of aryl methyl sites for hydroxylation is 2. The number of benzene rings is 1. The summed E-state index contributed by atoms with van der Waals surface area (Å²) in [5.41, 5.74) is 6.74. The third kappa shape index (κ3) is 4.75. The van der Waals surface area contributed by atoms with Crippen LogP contribution in [0.1, 0.15) is 21.7 Å². The van der Waals surface area contributed by atoms with Gasteiger partial charge in [-0.15, -0.1) is 0 Å². The minimum atomic E-state index is -0.892. The van der Waals surface area contributed by atoms with E-state index in [4.69, 9.17) is 5.73 Å². The van der Waals surface area contributed by atoms with E-state index in [2.05, 4.69) is 15.3 Å². The van der Waals surface area contributed by atoms with Crippen LogP contribution in [-0.4, -0.2) is 27.5 Å². The van der Waals surface area contributed by atoms with Gasteiger partial charge in [0.25, 0.3) is 5.91 Å². The Morgan fingerprint density at radius 1 is 1.22 bits per heavy atom. The molecule has 8 heteroatoms. The summed E-state index contributed by atoms with van der Waals surface area (Å²) in [7, 11) is 0. The van der Waals surface area contributed by atoms with Gasteiger partial charge in [-0.1, -0.05) is 11.8 Å². The van der Waals surface area contributed by atoms with E-state index in [9.17, 15) is 14.0 Å². The molecule has 0 aliphatic heterocycles. The molecule has 2 aromatic rings. The number of halogens is 1. The largest absolute Gasteiger partial charge is 0.366 e. The van der Waals surface area contributed by atoms with Crippen LogP contribution in [0.15, 0.2) is 29.4 Å². The molecule has 0 aliphatic carbocycles. The molecule has 0 spiro atoms. The second kappa shape index (κ2) is 7.19. The zero-order chi connectivity index (χ0) is 17.0. The number of thioether (sulfide) groups is 1. The highest BCUT2D eigenvalue weighted by atomic mass is 32.2. The summed E-state index contributed by atoms with van der Waals surface area (Å²) >= 11 is 1.19. The summed E-state index contributed by atoms with van der Waals surface area (Å²) in [6.07, 6.45) is 0. The second-order valence-corrected chi connectivity index (χ2v) is 5.77. The van der Waals surface area contributed by atoms with Gasteiger partial charge in [-0.25, -0.2) is 14.4 Å². The normalized spacial score (nSPS) is 10.4. The number of carbonyl (C=O) groups excluding carboxylic acids is 2. The number of carbonyl (C=O) groups is 2. The number of hydrogen-bond donors (Lipinski definition) is 2. The minimum Gasteiger partial charge on any atom is -0.366 e. The summed E-state index contributed by atoms with van der Waals surface area (Å²) < 4.78 is 13.4. The summed E-state index contributed by atoms with van der Waals surface area (Å²) in [6, 6.07) is 5.48. The van der Waals surface area contributed by atoms with E-state index in [0.29, 0.717) is 10.8 Å². The van der Waals surface area contributed by atoms with Crippen LogP contribution in [0.25, 0.3) is 0 Å². The van der Waals surface area contributed by atoms with Crippen LogP contribution in [0.2, 0.25) is 0 Å². The molecule has 0 bridgehead atoms. The first-order chi connectivity index (χ1) is 10.8. The van der Waals surface area contributed by atoms with Gasteiger partial charge in [-0.2, -0.15) is 0 Å². The Balaban J connectivity index is 1.99. The highest BCUT2D eigenvalue weighted by molar-refractivity contribution is 7.99. The van der Waals surface area contributed by atoms with Gasteiger partial charge in [0.15, 0.2) is 5.16 Å². The molecule has 2 amide bonds. The smallest absolute Gasteiger partial charge is 0.251 e. The van der Waals surface area contributed by atoms with Gasteiger partial charge >= 0.3 is 0 Å². The zero-order valence-electron chi connectivity index (χ0n) is 12.6. The summed E-state index contributed by atoms with van der Waals surface area (Å²) in [4.78, 5) is 31.5. The van der Waals surface area contributed by atoms with Crippen LogP contribution in [0.5, 0.6) is 0 Å². The lowest BCUT2D eigenvalue weighted by Crippen LogP contribution is -2.17. The van der Waals surface area contributed by atoms with Gasteiger partial charge in [-0.05, 0) is 38.1 Å². The molecule has 3 N–H and O–H groups in total. The van der Waals surface area contributed by atoms with Gasteiger partial charge in [0.2, 0.25) is 5.91 Å². The fourth-order valence-corrected chi connectivity index (χ4v) is 2.63. The number of primary amides is 1. The van der Waals surface area contributed by atoms with E-state index in [0.717, 1.165) is 17.5 Å². The van der Waals surface area contributed by atoms with E-state index in [1.54, 1.807) is 0 Å². The van der Waals surface area contributed by atoms with Crippen molar-refractivity contribution >= 4 is 29.3 Å². The van der Waals surface area contributed by atoms with Gasteiger partial charge in [0.05, 0.1) is 11.3 Å². The Kier molecular flexibility index (Phi) is 5.28. The van der Waals surface area contributed by atoms with E-state index < -0.39 is 11.7 Å². The number of hydrogen-bond acceptors (Lipinski definition) is 5. The molecule has 6 nitrogen and oxygen atoms in total. The van der Waals surface area contributed by atoms with Gasteiger partial charge < -0.3 is 11.1 Å². The predicted molar refractivity (Wildman–Crippen MR) is 85.8 cm³/mol. The molecular formula is C15H15FN4O2S. The van der Waals surface area contributed by atoms with E-state index in [1.807, 2.05) is 19.9 Å². The average molecular weight is 334 g/mol. The van der Waals surface area contributed by atoms with Gasteiger partial charge in [0.1, 0.15) is 5.82 Å². The maximum absolute atomic E-state index is 13.4. The third-order valence-corrected chi connectivity index (χ3v) is 3.66. The van der Waals surface area contributed by atoms with Crippen molar-refractivity contribution in [2.24, 2.45) is 5.73 Å². The SMILES string of the molecule is Cc1cc(C)nc(SCC(=O)Nc2ccc(F)c(C(N)=O)c2)n1. The molecule has 1 heterocycles. The number of rotatable bonds is 5. The molecule has 0 atom stereocenters. The first-order valence-corrected chi connectivity index (χ1v) is 7.68. The Labute approximate surface area is 136 Å². The van der Waals surface area contributed by atoms with Crippen LogP contribution in [-0.2, 0) is 4.79 Å². The standard InChI is InChI=1S/C15H15FN4O2S/c1-8-5-9(2)19-15(18-8)23-7-13(21)20-10-3-4-12(16)11(6-10)14(17)22/h3-6H,7H2,1-2H3,(H2,17,22)(H,20,21). The predicted octanol–water partition coefficient (Wildman–Crippen LogP) is 2.06. The van der Waals surface area contributed by atoms with Crippen molar-refractivity contribution in [1.82, 2.24) is 9.97 Å². The molecule has 1 aromatic heterocycles. The molecule has 0 radical (unpaired) electrons. The molecule has 23 heavy (non-hydrogen) atoms. The van der Waals surface area contributed by atoms with Crippen LogP contribution < -0.4 is 11.1 Å². The molecule has 0 fully saturated rings. The van der Waals surface area contributed by atoms with Crippen LogP contribution in [0.4, 0.5) is 10.1 Å². The number of anilines is 1. The monoisotopic (exact) mass is 334 g/mol. The van der Waals surface area contributed by atoms with Crippen molar-refractivity contribution in [1.29, 1.82) is 0 Å². The van der Waals surface area contributed by atoms with E-state index in [-0.39, 0.29) is 17.2 Å². The van der Waals surface area contributed by atoms with Crippen LogP contribution in [0, 0.1) is 19.7 Å².